The van der Waals surface area contributed by atoms with Crippen LogP contribution in [0.15, 0.2) is 96.6 Å². The fraction of sp³-hybridized carbons (Fsp3) is 0.286. The number of methoxy groups -OCH3 is 1. The fourth-order valence-corrected chi connectivity index (χ4v) is 11.8. The second-order valence-electron chi connectivity index (χ2n) is 8.69. The second kappa shape index (κ2) is 11.7. The van der Waals surface area contributed by atoms with Gasteiger partial charge in [0.1, 0.15) is 23.2 Å². The van der Waals surface area contributed by atoms with Crippen LogP contribution in [-0.2, 0) is 4.74 Å². The summed E-state index contributed by atoms with van der Waals surface area (Å²) >= 11 is 0. The van der Waals surface area contributed by atoms with Crippen LogP contribution in [0.2, 0.25) is 0 Å². The van der Waals surface area contributed by atoms with Gasteiger partial charge >= 0.3 is 0 Å². The van der Waals surface area contributed by atoms with E-state index in [4.69, 9.17) is 4.74 Å². The Labute approximate surface area is 208 Å². The number of benzene rings is 2. The zero-order valence-electron chi connectivity index (χ0n) is 20.1. The molecule has 0 amide bonds. The lowest BCUT2D eigenvalue weighted by atomic mass is 10.1. The number of hydrogen-bond acceptors (Lipinski definition) is 2. The van der Waals surface area contributed by atoms with Gasteiger partial charge in [-0.05, 0) is 51.0 Å². The third-order valence-corrected chi connectivity index (χ3v) is 12.9. The summed E-state index contributed by atoms with van der Waals surface area (Å²) in [6.45, 7) is 4.06. The molecule has 0 heterocycles. The first-order valence-corrected chi connectivity index (χ1v) is 14.5. The molecule has 0 bridgehead atoms. The van der Waals surface area contributed by atoms with Crippen molar-refractivity contribution in [3.05, 3.63) is 108 Å². The van der Waals surface area contributed by atoms with Crippen molar-refractivity contribution in [3.63, 3.8) is 0 Å². The Morgan fingerprint density at radius 1 is 0.800 bits per heavy atom. The molecule has 35 heavy (non-hydrogen) atoms. The van der Waals surface area contributed by atoms with Crippen LogP contribution < -0.4 is 10.6 Å². The first-order valence-electron chi connectivity index (χ1n) is 11.7. The van der Waals surface area contributed by atoms with Gasteiger partial charge in [0.2, 0.25) is 0 Å². The molecule has 184 valence electrons. The molecule has 2 aliphatic rings. The molecule has 4 rings (SSSR count). The quantitative estimate of drug-likeness (QED) is 0.339. The highest BCUT2D eigenvalue weighted by Crippen LogP contribution is 2.65. The van der Waals surface area contributed by atoms with Gasteiger partial charge in [-0.2, -0.15) is 0 Å². The first-order chi connectivity index (χ1) is 16.9. The van der Waals surface area contributed by atoms with Crippen molar-refractivity contribution in [2.24, 2.45) is 0 Å². The molecule has 0 radical (unpaired) electrons. The molecule has 2 aliphatic carbocycles. The maximum absolute atomic E-state index is 15.5. The summed E-state index contributed by atoms with van der Waals surface area (Å²) in [5.74, 6) is -0.170. The smallest absolute Gasteiger partial charge is 0.132 e. The lowest BCUT2D eigenvalue weighted by Crippen LogP contribution is -2.38. The van der Waals surface area contributed by atoms with E-state index in [1.165, 1.54) is 18.2 Å². The van der Waals surface area contributed by atoms with Gasteiger partial charge in [0.25, 0.3) is 0 Å². The molecule has 4 unspecified atom stereocenters. The number of allylic oxidation sites excluding steroid dienone is 8. The van der Waals surface area contributed by atoms with Crippen LogP contribution in [0.3, 0.4) is 0 Å². The lowest BCUT2D eigenvalue weighted by molar-refractivity contribution is 0.278. The lowest BCUT2D eigenvalue weighted by Gasteiger charge is -2.47. The van der Waals surface area contributed by atoms with E-state index < -0.39 is 21.8 Å². The summed E-state index contributed by atoms with van der Waals surface area (Å²) in [6.07, 6.45) is 12.1. The van der Waals surface area contributed by atoms with E-state index in [0.717, 1.165) is 5.76 Å². The van der Waals surface area contributed by atoms with Gasteiger partial charge in [-0.15, -0.1) is 0 Å². The van der Waals surface area contributed by atoms with Crippen LogP contribution in [0, 0.1) is 11.6 Å². The zero-order valence-corrected chi connectivity index (χ0v) is 21.9. The molecule has 0 fully saturated rings. The van der Waals surface area contributed by atoms with E-state index >= 15 is 13.2 Å². The Hall–Kier alpha value is -2.19. The third kappa shape index (κ3) is 5.48. The third-order valence-electron chi connectivity index (χ3n) is 6.08. The number of nitrogens with zero attached hydrogens (tertiary/aromatic N) is 1. The van der Waals surface area contributed by atoms with Crippen molar-refractivity contribution in [1.82, 2.24) is 4.44 Å². The van der Waals surface area contributed by atoms with Gasteiger partial charge < -0.3 is 4.74 Å². The minimum Gasteiger partial charge on any atom is -0.500 e. The van der Waals surface area contributed by atoms with Crippen molar-refractivity contribution in [3.8, 4) is 0 Å². The molecule has 0 saturated carbocycles. The summed E-state index contributed by atoms with van der Waals surface area (Å²) in [5.41, 5.74) is -0.678. The second-order valence-corrected chi connectivity index (χ2v) is 13.5. The van der Waals surface area contributed by atoms with Crippen LogP contribution in [0.1, 0.15) is 26.7 Å². The van der Waals surface area contributed by atoms with Gasteiger partial charge in [-0.3, -0.25) is 0 Å². The average Bonchev–Trinajstić information content (AvgIpc) is 2.86. The van der Waals surface area contributed by atoms with Crippen molar-refractivity contribution in [2.45, 2.75) is 44.0 Å². The number of ether oxygens (including phenoxy) is 1. The summed E-state index contributed by atoms with van der Waals surface area (Å²) in [5, 5.41) is 1.05. The number of rotatable bonds is 8. The molecular formula is C28H30F3NOP2. The van der Waals surface area contributed by atoms with E-state index in [9.17, 15) is 0 Å². The van der Waals surface area contributed by atoms with E-state index in [0.29, 0.717) is 23.5 Å². The maximum atomic E-state index is 15.5. The predicted octanol–water partition coefficient (Wildman–Crippen LogP) is 7.46. The summed E-state index contributed by atoms with van der Waals surface area (Å²) in [4.78, 5) is 0. The van der Waals surface area contributed by atoms with E-state index in [2.05, 4.69) is 10.5 Å². The van der Waals surface area contributed by atoms with E-state index in [-0.39, 0.29) is 29.2 Å². The highest BCUT2D eigenvalue weighted by atomic mass is 31.2. The molecule has 0 spiro atoms. The van der Waals surface area contributed by atoms with Crippen molar-refractivity contribution in [1.29, 1.82) is 0 Å². The number of hydrogen-bond donors (Lipinski definition) is 0. The SMILES string of the molecule is COC1=CC=CCC1P(c1ccccc1F)N(C(C)C)P(c1ccccc1F)C1CC=CC=C1F. The molecule has 2 aromatic rings. The first kappa shape index (κ1) is 25.9. The predicted molar refractivity (Wildman–Crippen MR) is 142 cm³/mol. The van der Waals surface area contributed by atoms with Crippen LogP contribution in [0.25, 0.3) is 0 Å². The molecule has 2 nitrogen and oxygen atoms in total. The monoisotopic (exact) mass is 515 g/mol. The highest BCUT2D eigenvalue weighted by Gasteiger charge is 2.43. The molecule has 0 N–H and O–H groups in total. The molecule has 0 saturated heterocycles. The Morgan fingerprint density at radius 3 is 1.83 bits per heavy atom. The van der Waals surface area contributed by atoms with Crippen molar-refractivity contribution in [2.75, 3.05) is 7.11 Å². The Morgan fingerprint density at radius 2 is 1.31 bits per heavy atom. The summed E-state index contributed by atoms with van der Waals surface area (Å²) in [6, 6.07) is 13.3. The van der Waals surface area contributed by atoms with Crippen molar-refractivity contribution < 1.29 is 17.9 Å². The van der Waals surface area contributed by atoms with E-state index in [1.807, 2.05) is 44.2 Å². The number of halogens is 3. The van der Waals surface area contributed by atoms with Crippen molar-refractivity contribution >= 4 is 26.8 Å². The molecule has 4 atom stereocenters. The maximum Gasteiger partial charge on any atom is 0.132 e. The van der Waals surface area contributed by atoms with Gasteiger partial charge in [0, 0.05) is 32.8 Å². The standard InChI is InChI=1S/C28H30F3NOP2/c1-20(2)32(34(25-16-8-4-12-21(25)29)26-17-9-5-13-22(26)30)35(27-18-10-6-14-23(27)31)28-19-11-7-15-24(28)33-3/h4-16,18,20,26,28H,17,19H2,1-3H3. The summed E-state index contributed by atoms with van der Waals surface area (Å²) < 4.78 is 54.3. The highest BCUT2D eigenvalue weighted by molar-refractivity contribution is 7.78. The van der Waals surface area contributed by atoms with Crippen LogP contribution >= 0.6 is 16.1 Å². The fourth-order valence-electron chi connectivity index (χ4n) is 4.55. The molecule has 0 aromatic heterocycles. The summed E-state index contributed by atoms with van der Waals surface area (Å²) in [7, 11) is -1.32. The molecule has 0 aliphatic heterocycles. The average molecular weight is 515 g/mol. The van der Waals surface area contributed by atoms with E-state index in [1.54, 1.807) is 37.5 Å². The van der Waals surface area contributed by atoms with Crippen LogP contribution in [0.5, 0.6) is 0 Å². The minimum atomic E-state index is -1.54. The van der Waals surface area contributed by atoms with Gasteiger partial charge in [0.15, 0.2) is 0 Å². The molecule has 7 heteroatoms. The topological polar surface area (TPSA) is 12.5 Å². The molecule has 2 aromatic carbocycles. The Balaban J connectivity index is 1.95. The normalized spacial score (nSPS) is 21.6. The minimum absolute atomic E-state index is 0.103. The zero-order chi connectivity index (χ0) is 24.9. The molecular weight excluding hydrogens is 485 g/mol. The Kier molecular flexibility index (Phi) is 8.65. The van der Waals surface area contributed by atoms with Gasteiger partial charge in [-0.25, -0.2) is 17.6 Å². The van der Waals surface area contributed by atoms with Gasteiger partial charge in [0.05, 0.1) is 18.4 Å². The largest absolute Gasteiger partial charge is 0.500 e. The Bertz CT molecular complexity index is 1160. The van der Waals surface area contributed by atoms with Crippen LogP contribution in [-0.4, -0.2) is 28.9 Å². The van der Waals surface area contributed by atoms with Gasteiger partial charge in [-0.1, -0.05) is 60.7 Å². The van der Waals surface area contributed by atoms with Crippen LogP contribution in [0.4, 0.5) is 13.2 Å².